The Labute approximate surface area is 91.1 Å². The summed E-state index contributed by atoms with van der Waals surface area (Å²) in [5.74, 6) is -0.118. The number of carbonyl (C=O) groups excluding carboxylic acids is 1. The molecule has 1 aliphatic rings. The van der Waals surface area contributed by atoms with Crippen LogP contribution in [0.4, 0.5) is 0 Å². The van der Waals surface area contributed by atoms with Gasteiger partial charge in [0.2, 0.25) is 0 Å². The molecular weight excluding hydrogens is 287 g/mol. The van der Waals surface area contributed by atoms with E-state index in [0.717, 1.165) is 34.6 Å². The molecule has 0 aliphatic carbocycles. The predicted octanol–water partition coefficient (Wildman–Crippen LogP) is 2.60. The van der Waals surface area contributed by atoms with E-state index in [1.54, 1.807) is 0 Å². The summed E-state index contributed by atoms with van der Waals surface area (Å²) in [4.78, 5) is 11.1. The molecule has 3 nitrogen and oxygen atoms in total. The molecule has 0 unspecified atom stereocenters. The molecule has 1 fully saturated rings. The average molecular weight is 307 g/mol. The third-order valence-corrected chi connectivity index (χ3v) is 12.6. The third kappa shape index (κ3) is 3.42. The van der Waals surface area contributed by atoms with Gasteiger partial charge in [0, 0.05) is 0 Å². The minimum absolute atomic E-state index is 0.118. The van der Waals surface area contributed by atoms with Gasteiger partial charge in [-0.2, -0.15) is 0 Å². The average Bonchev–Trinajstić information content (AvgIpc) is 2.55. The molecule has 0 spiro atoms. The Morgan fingerprint density at radius 1 is 1.21 bits per heavy atom. The molecule has 0 aromatic heterocycles. The second-order valence-electron chi connectivity index (χ2n) is 3.88. The zero-order valence-corrected chi connectivity index (χ0v) is 12.0. The van der Waals surface area contributed by atoms with Crippen molar-refractivity contribution in [3.05, 3.63) is 0 Å². The summed E-state index contributed by atoms with van der Waals surface area (Å²) in [6.45, 7) is 4.55. The first-order valence-electron chi connectivity index (χ1n) is 5.58. The van der Waals surface area contributed by atoms with Gasteiger partial charge in [-0.15, -0.1) is 0 Å². The molecule has 0 bridgehead atoms. The number of rotatable bonds is 6. The van der Waals surface area contributed by atoms with Crippen LogP contribution in [0.15, 0.2) is 0 Å². The van der Waals surface area contributed by atoms with E-state index in [-0.39, 0.29) is 12.6 Å². The van der Waals surface area contributed by atoms with E-state index in [9.17, 15) is 4.79 Å². The molecule has 0 aromatic carbocycles. The molecule has 1 aliphatic heterocycles. The van der Waals surface area contributed by atoms with Crippen molar-refractivity contribution in [2.45, 2.75) is 48.4 Å². The van der Waals surface area contributed by atoms with Gasteiger partial charge in [-0.3, -0.25) is 0 Å². The number of hydrogen-bond acceptors (Lipinski definition) is 3. The van der Waals surface area contributed by atoms with E-state index in [1.165, 1.54) is 0 Å². The van der Waals surface area contributed by atoms with E-state index in [2.05, 4.69) is 13.8 Å². The van der Waals surface area contributed by atoms with Gasteiger partial charge in [-0.05, 0) is 0 Å². The Morgan fingerprint density at radius 2 is 1.79 bits per heavy atom. The molecular formula is C10H20O3Sn. The fourth-order valence-electron chi connectivity index (χ4n) is 1.72. The normalized spacial score (nSPS) is 19.7. The van der Waals surface area contributed by atoms with Crippen molar-refractivity contribution in [3.63, 3.8) is 0 Å². The van der Waals surface area contributed by atoms with Gasteiger partial charge < -0.3 is 0 Å². The summed E-state index contributed by atoms with van der Waals surface area (Å²) in [5, 5.41) is 0. The topological polar surface area (TPSA) is 35.5 Å². The molecule has 0 saturated carbocycles. The molecule has 0 aromatic rings. The van der Waals surface area contributed by atoms with Crippen LogP contribution in [0.3, 0.4) is 0 Å². The molecule has 0 radical (unpaired) electrons. The quantitative estimate of drug-likeness (QED) is 0.708. The van der Waals surface area contributed by atoms with E-state index in [4.69, 9.17) is 6.15 Å². The molecule has 0 N–H and O–H groups in total. The first-order valence-corrected chi connectivity index (χ1v) is 11.9. The van der Waals surface area contributed by atoms with Gasteiger partial charge in [0.15, 0.2) is 0 Å². The van der Waals surface area contributed by atoms with E-state index in [1.807, 2.05) is 0 Å². The van der Waals surface area contributed by atoms with Crippen molar-refractivity contribution in [1.82, 2.24) is 0 Å². The fourth-order valence-corrected chi connectivity index (χ4v) is 11.5. The summed E-state index contributed by atoms with van der Waals surface area (Å²) in [6.07, 6.45) is 4.61. The molecule has 0 amide bonds. The Kier molecular flexibility index (Phi) is 5.23. The summed E-state index contributed by atoms with van der Waals surface area (Å²) < 4.78 is 13.3. The summed E-state index contributed by atoms with van der Waals surface area (Å²) in [5.41, 5.74) is 0. The van der Waals surface area contributed by atoms with Crippen LogP contribution in [-0.4, -0.2) is 31.8 Å². The standard InChI is InChI=1S/2C4H9.C2H3O3.Sn/c2*1-3-4-2;3-1-2(4)5;/h2*1,3-4H2,2H3;1H2,(H,4,5);/q;;-1;+2/p-1. The van der Waals surface area contributed by atoms with Crippen LogP contribution < -0.4 is 0 Å². The van der Waals surface area contributed by atoms with Crippen LogP contribution >= 0.6 is 0 Å². The van der Waals surface area contributed by atoms with Crippen LogP contribution in [0.1, 0.15) is 39.5 Å². The Balaban J connectivity index is 2.46. The van der Waals surface area contributed by atoms with Gasteiger partial charge in [-0.1, -0.05) is 0 Å². The minimum atomic E-state index is -2.86. The van der Waals surface area contributed by atoms with Crippen molar-refractivity contribution in [1.29, 1.82) is 0 Å². The Morgan fingerprint density at radius 3 is 2.14 bits per heavy atom. The van der Waals surface area contributed by atoms with Crippen molar-refractivity contribution < 1.29 is 10.9 Å². The van der Waals surface area contributed by atoms with E-state index >= 15 is 0 Å². The van der Waals surface area contributed by atoms with Gasteiger partial charge >= 0.3 is 91.1 Å². The zero-order chi connectivity index (χ0) is 10.4. The van der Waals surface area contributed by atoms with Crippen LogP contribution in [-0.2, 0) is 10.9 Å². The monoisotopic (exact) mass is 308 g/mol. The van der Waals surface area contributed by atoms with Crippen molar-refractivity contribution >= 4 is 25.2 Å². The van der Waals surface area contributed by atoms with Gasteiger partial charge in [0.05, 0.1) is 0 Å². The SMILES string of the molecule is CCC[CH2][Sn]1([CH2]CCC)[O]CC(=O)[O]1. The molecule has 82 valence electrons. The number of unbranched alkanes of at least 4 members (excludes halogenated alkanes) is 2. The van der Waals surface area contributed by atoms with E-state index < -0.39 is 19.2 Å². The third-order valence-electron chi connectivity index (χ3n) is 2.58. The first-order chi connectivity index (χ1) is 6.72. The van der Waals surface area contributed by atoms with Gasteiger partial charge in [0.25, 0.3) is 0 Å². The molecule has 1 rings (SSSR count). The molecule has 4 heteroatoms. The second kappa shape index (κ2) is 5.95. The van der Waals surface area contributed by atoms with Gasteiger partial charge in [-0.25, -0.2) is 0 Å². The Bertz CT molecular complexity index is 186. The van der Waals surface area contributed by atoms with Crippen LogP contribution in [0.5, 0.6) is 0 Å². The number of hydrogen-bond donors (Lipinski definition) is 0. The molecule has 14 heavy (non-hydrogen) atoms. The maximum atomic E-state index is 11.1. The van der Waals surface area contributed by atoms with Crippen molar-refractivity contribution in [2.75, 3.05) is 6.61 Å². The van der Waals surface area contributed by atoms with E-state index in [0.29, 0.717) is 0 Å². The maximum absolute atomic E-state index is 11.1. The van der Waals surface area contributed by atoms with Crippen LogP contribution in [0, 0.1) is 0 Å². The van der Waals surface area contributed by atoms with Crippen molar-refractivity contribution in [2.24, 2.45) is 0 Å². The molecule has 1 heterocycles. The Hall–Kier alpha value is 0.229. The number of carbonyl (C=O) groups is 1. The fraction of sp³-hybridized carbons (Fsp3) is 0.900. The second-order valence-corrected chi connectivity index (χ2v) is 13.3. The summed E-state index contributed by atoms with van der Waals surface area (Å²) in [7, 11) is 0. The first kappa shape index (κ1) is 12.3. The molecule has 0 atom stereocenters. The zero-order valence-electron chi connectivity index (χ0n) is 9.17. The predicted molar refractivity (Wildman–Crippen MR) is 57.2 cm³/mol. The van der Waals surface area contributed by atoms with Gasteiger partial charge in [0.1, 0.15) is 0 Å². The summed E-state index contributed by atoms with van der Waals surface area (Å²) in [6, 6.07) is 0. The molecule has 1 saturated heterocycles. The van der Waals surface area contributed by atoms with Crippen LogP contribution in [0.25, 0.3) is 0 Å². The summed E-state index contributed by atoms with van der Waals surface area (Å²) >= 11 is -2.86. The van der Waals surface area contributed by atoms with Crippen molar-refractivity contribution in [3.8, 4) is 0 Å². The van der Waals surface area contributed by atoms with Crippen LogP contribution in [0.2, 0.25) is 8.87 Å².